The Kier molecular flexibility index (Phi) is 10.5. The molecule has 0 atom stereocenters. The van der Waals surface area contributed by atoms with Crippen LogP contribution in [0.5, 0.6) is 17.2 Å². The molecule has 1 aromatic carbocycles. The lowest BCUT2D eigenvalue weighted by Crippen LogP contribution is -2.22. The van der Waals surface area contributed by atoms with E-state index in [0.717, 1.165) is 12.1 Å². The predicted molar refractivity (Wildman–Crippen MR) is 118 cm³/mol. The van der Waals surface area contributed by atoms with Crippen molar-refractivity contribution in [3.63, 3.8) is 0 Å². The summed E-state index contributed by atoms with van der Waals surface area (Å²) < 4.78 is 28.2. The smallest absolute Gasteiger partial charge is 0.206 e. The van der Waals surface area contributed by atoms with Crippen LogP contribution in [0.15, 0.2) is 12.1 Å². The van der Waals surface area contributed by atoms with Gasteiger partial charge in [0.2, 0.25) is 5.75 Å². The Labute approximate surface area is 172 Å². The first-order valence-corrected chi connectivity index (χ1v) is 17.2. The van der Waals surface area contributed by atoms with E-state index in [1.807, 2.05) is 0 Å². The molecule has 28 heavy (non-hydrogen) atoms. The number of aliphatic hydroxyl groups is 1. The molecule has 162 valence electrons. The highest BCUT2D eigenvalue weighted by atomic mass is 28.3. The second-order valence-corrected chi connectivity index (χ2v) is 20.5. The van der Waals surface area contributed by atoms with Crippen LogP contribution in [-0.2, 0) is 16.1 Å². The quantitative estimate of drug-likeness (QED) is 0.265. The van der Waals surface area contributed by atoms with Crippen LogP contribution in [0.3, 0.4) is 0 Å². The van der Waals surface area contributed by atoms with E-state index in [-0.39, 0.29) is 20.2 Å². The second kappa shape index (κ2) is 11.8. The van der Waals surface area contributed by atoms with Crippen LogP contribution in [0.25, 0.3) is 0 Å². The third kappa shape index (κ3) is 10.5. The van der Waals surface area contributed by atoms with Crippen LogP contribution >= 0.6 is 0 Å². The van der Waals surface area contributed by atoms with Crippen LogP contribution < -0.4 is 14.2 Å². The van der Waals surface area contributed by atoms with E-state index in [0.29, 0.717) is 36.0 Å². The van der Waals surface area contributed by atoms with Crippen molar-refractivity contribution in [2.24, 2.45) is 0 Å². The summed E-state index contributed by atoms with van der Waals surface area (Å²) in [7, 11) is -0.717. The maximum atomic E-state index is 9.49. The SMILES string of the molecule is COc1cc(CO)cc(OCOCC[Si](C)(C)C)c1OCOCC[Si](C)(C)C. The zero-order valence-electron chi connectivity index (χ0n) is 18.6. The molecule has 0 heterocycles. The van der Waals surface area contributed by atoms with Gasteiger partial charge in [0.25, 0.3) is 0 Å². The van der Waals surface area contributed by atoms with E-state index in [9.17, 15) is 5.11 Å². The van der Waals surface area contributed by atoms with Crippen molar-refractivity contribution < 1.29 is 28.8 Å². The number of ether oxygens (including phenoxy) is 5. The summed E-state index contributed by atoms with van der Waals surface area (Å²) >= 11 is 0. The largest absolute Gasteiger partial charge is 0.493 e. The molecule has 0 amide bonds. The van der Waals surface area contributed by atoms with E-state index >= 15 is 0 Å². The first-order chi connectivity index (χ1) is 13.1. The van der Waals surface area contributed by atoms with Crippen molar-refractivity contribution in [2.45, 2.75) is 58.0 Å². The number of hydrogen-bond donors (Lipinski definition) is 1. The lowest BCUT2D eigenvalue weighted by Gasteiger charge is -2.19. The first kappa shape index (κ1) is 25.0. The van der Waals surface area contributed by atoms with Gasteiger partial charge in [0.1, 0.15) is 0 Å². The fourth-order valence-corrected chi connectivity index (χ4v) is 3.72. The monoisotopic (exact) mass is 430 g/mol. The van der Waals surface area contributed by atoms with Gasteiger partial charge in [-0.2, -0.15) is 0 Å². The standard InChI is InChI=1S/C20H38O6Si2/c1-22-18-12-17(14-21)13-19(25-15-23-8-10-27(2,3)4)20(18)26-16-24-9-11-28(5,6)7/h12-13,21H,8-11,14-16H2,1-7H3. The van der Waals surface area contributed by atoms with Gasteiger partial charge < -0.3 is 28.8 Å². The molecule has 6 nitrogen and oxygen atoms in total. The van der Waals surface area contributed by atoms with Crippen LogP contribution in [0.1, 0.15) is 5.56 Å². The minimum atomic E-state index is -1.14. The average Bonchev–Trinajstić information content (AvgIpc) is 2.59. The number of hydrogen-bond acceptors (Lipinski definition) is 6. The van der Waals surface area contributed by atoms with Crippen molar-refractivity contribution >= 4 is 16.1 Å². The summed E-state index contributed by atoms with van der Waals surface area (Å²) in [5, 5.41) is 9.49. The van der Waals surface area contributed by atoms with Gasteiger partial charge >= 0.3 is 0 Å². The fraction of sp³-hybridized carbons (Fsp3) is 0.700. The van der Waals surface area contributed by atoms with Crippen molar-refractivity contribution in [2.75, 3.05) is 33.9 Å². The Balaban J connectivity index is 2.68. The lowest BCUT2D eigenvalue weighted by molar-refractivity contribution is 0.00448. The second-order valence-electron chi connectivity index (χ2n) is 9.25. The summed E-state index contributed by atoms with van der Waals surface area (Å²) in [6.45, 7) is 15.3. The first-order valence-electron chi connectivity index (χ1n) is 9.78. The average molecular weight is 431 g/mol. The molecule has 0 fully saturated rings. The molecule has 0 aliphatic heterocycles. The van der Waals surface area contributed by atoms with Crippen LogP contribution in [-0.4, -0.2) is 55.2 Å². The Morgan fingerprint density at radius 2 is 1.29 bits per heavy atom. The molecule has 8 heteroatoms. The molecule has 0 bridgehead atoms. The summed E-state index contributed by atoms with van der Waals surface area (Å²) in [6.07, 6.45) is 0. The predicted octanol–water partition coefficient (Wildman–Crippen LogP) is 4.57. The van der Waals surface area contributed by atoms with Gasteiger partial charge in [0.15, 0.2) is 25.1 Å². The van der Waals surface area contributed by atoms with Gasteiger partial charge in [-0.1, -0.05) is 39.3 Å². The van der Waals surface area contributed by atoms with Crippen molar-refractivity contribution in [1.82, 2.24) is 0 Å². The molecule has 0 saturated heterocycles. The summed E-state index contributed by atoms with van der Waals surface area (Å²) in [5.41, 5.74) is 0.681. The molecule has 1 N–H and O–H groups in total. The van der Waals surface area contributed by atoms with Crippen LogP contribution in [0.4, 0.5) is 0 Å². The maximum Gasteiger partial charge on any atom is 0.206 e. The number of rotatable bonds is 14. The zero-order valence-corrected chi connectivity index (χ0v) is 20.6. The highest BCUT2D eigenvalue weighted by Crippen LogP contribution is 2.39. The van der Waals surface area contributed by atoms with Crippen molar-refractivity contribution in [1.29, 1.82) is 0 Å². The minimum absolute atomic E-state index is 0.115. The van der Waals surface area contributed by atoms with E-state index in [4.69, 9.17) is 23.7 Å². The van der Waals surface area contributed by atoms with Gasteiger partial charge in [0.05, 0.1) is 13.7 Å². The summed E-state index contributed by atoms with van der Waals surface area (Å²) in [4.78, 5) is 0. The molecule has 0 saturated carbocycles. The highest BCUT2D eigenvalue weighted by molar-refractivity contribution is 6.76. The number of benzene rings is 1. The van der Waals surface area contributed by atoms with E-state index in [1.165, 1.54) is 0 Å². The molecular weight excluding hydrogens is 392 g/mol. The molecule has 0 unspecified atom stereocenters. The number of methoxy groups -OCH3 is 1. The zero-order chi connectivity index (χ0) is 21.2. The number of aliphatic hydroxyl groups excluding tert-OH is 1. The van der Waals surface area contributed by atoms with Gasteiger partial charge in [0, 0.05) is 29.4 Å². The van der Waals surface area contributed by atoms with Gasteiger partial charge in [-0.05, 0) is 29.8 Å². The molecule has 0 radical (unpaired) electrons. The molecular formula is C20H38O6Si2. The van der Waals surface area contributed by atoms with Gasteiger partial charge in [-0.15, -0.1) is 0 Å². The lowest BCUT2D eigenvalue weighted by atomic mass is 10.2. The summed E-state index contributed by atoms with van der Waals surface area (Å²) in [5.74, 6) is 1.43. The third-order valence-electron chi connectivity index (χ3n) is 4.06. The topological polar surface area (TPSA) is 66.4 Å². The highest BCUT2D eigenvalue weighted by Gasteiger charge is 2.17. The van der Waals surface area contributed by atoms with Gasteiger partial charge in [-0.25, -0.2) is 0 Å². The van der Waals surface area contributed by atoms with Crippen LogP contribution in [0, 0.1) is 0 Å². The normalized spacial score (nSPS) is 12.1. The van der Waals surface area contributed by atoms with Crippen molar-refractivity contribution in [3.8, 4) is 17.2 Å². The van der Waals surface area contributed by atoms with E-state index < -0.39 is 16.1 Å². The Bertz CT molecular complexity index is 581. The molecule has 0 aliphatic rings. The molecule has 1 aromatic rings. The summed E-state index contributed by atoms with van der Waals surface area (Å²) in [6, 6.07) is 5.62. The van der Waals surface area contributed by atoms with Crippen LogP contribution in [0.2, 0.25) is 51.4 Å². The molecule has 0 aliphatic carbocycles. The third-order valence-corrected chi connectivity index (χ3v) is 7.47. The molecule has 0 aromatic heterocycles. The van der Waals surface area contributed by atoms with E-state index in [2.05, 4.69) is 39.3 Å². The fourth-order valence-electron chi connectivity index (χ4n) is 2.20. The molecule has 1 rings (SSSR count). The maximum absolute atomic E-state index is 9.49. The Morgan fingerprint density at radius 3 is 1.75 bits per heavy atom. The Morgan fingerprint density at radius 1 is 0.786 bits per heavy atom. The van der Waals surface area contributed by atoms with Crippen molar-refractivity contribution in [3.05, 3.63) is 17.7 Å². The van der Waals surface area contributed by atoms with E-state index in [1.54, 1.807) is 19.2 Å². The molecule has 0 spiro atoms. The Hall–Kier alpha value is -1.07. The van der Waals surface area contributed by atoms with Gasteiger partial charge in [-0.3, -0.25) is 0 Å². The minimum Gasteiger partial charge on any atom is -0.493 e.